The molecule has 2 heterocycles. The molecule has 74 valence electrons. The molecule has 0 saturated heterocycles. The van der Waals surface area contributed by atoms with E-state index in [1.807, 2.05) is 22.9 Å². The van der Waals surface area contributed by atoms with E-state index in [0.29, 0.717) is 12.5 Å². The van der Waals surface area contributed by atoms with Gasteiger partial charge in [-0.2, -0.15) is 4.57 Å². The van der Waals surface area contributed by atoms with Crippen molar-refractivity contribution in [3.63, 3.8) is 0 Å². The van der Waals surface area contributed by atoms with Crippen molar-refractivity contribution in [2.45, 2.75) is 6.73 Å². The standard InChI is InChI=1S/C11H7NO3/c13-11(14)8-4-3-7-2-1-5-12-6-15-10(8)9(7)12/h1-5H,6H2/p+1. The first kappa shape index (κ1) is 8.23. The summed E-state index contributed by atoms with van der Waals surface area (Å²) in [6.45, 7) is 0.386. The number of aromatic carboxylic acids is 1. The summed E-state index contributed by atoms with van der Waals surface area (Å²) in [5, 5.41) is 9.99. The normalized spacial score (nSPS) is 12.8. The van der Waals surface area contributed by atoms with Gasteiger partial charge < -0.3 is 9.84 Å². The van der Waals surface area contributed by atoms with E-state index in [4.69, 9.17) is 9.84 Å². The van der Waals surface area contributed by atoms with Crippen molar-refractivity contribution in [1.82, 2.24) is 0 Å². The van der Waals surface area contributed by atoms with Crippen LogP contribution in [0.1, 0.15) is 10.4 Å². The lowest BCUT2D eigenvalue weighted by Crippen LogP contribution is -2.31. The Labute approximate surface area is 85.3 Å². The second kappa shape index (κ2) is 2.70. The fraction of sp³-hybridized carbons (Fsp3) is 0.0909. The molecular formula is C11H8NO3+. The second-order valence-corrected chi connectivity index (χ2v) is 3.44. The molecule has 1 aromatic heterocycles. The summed E-state index contributed by atoms with van der Waals surface area (Å²) in [6, 6.07) is 7.24. The number of nitrogens with zero attached hydrogens (tertiary/aromatic N) is 1. The van der Waals surface area contributed by atoms with E-state index in [2.05, 4.69) is 0 Å². The smallest absolute Gasteiger partial charge is 0.339 e. The van der Waals surface area contributed by atoms with Crippen molar-refractivity contribution < 1.29 is 19.2 Å². The van der Waals surface area contributed by atoms with Crippen molar-refractivity contribution in [2.24, 2.45) is 0 Å². The van der Waals surface area contributed by atoms with Gasteiger partial charge in [0.1, 0.15) is 5.56 Å². The van der Waals surface area contributed by atoms with Crippen LogP contribution in [0.2, 0.25) is 0 Å². The largest absolute Gasteiger partial charge is 0.478 e. The second-order valence-electron chi connectivity index (χ2n) is 3.44. The van der Waals surface area contributed by atoms with E-state index in [9.17, 15) is 4.79 Å². The zero-order valence-electron chi connectivity index (χ0n) is 7.80. The van der Waals surface area contributed by atoms with Crippen LogP contribution < -0.4 is 9.30 Å². The molecule has 1 aromatic carbocycles. The molecule has 0 saturated carbocycles. The molecule has 0 bridgehead atoms. The highest BCUT2D eigenvalue weighted by Crippen LogP contribution is 2.30. The average Bonchev–Trinajstić information content (AvgIpc) is 2.65. The van der Waals surface area contributed by atoms with Crippen molar-refractivity contribution in [1.29, 1.82) is 0 Å². The van der Waals surface area contributed by atoms with E-state index in [0.717, 1.165) is 10.9 Å². The third kappa shape index (κ3) is 1.01. The predicted octanol–water partition coefficient (Wildman–Crippen LogP) is 1.18. The van der Waals surface area contributed by atoms with Crippen LogP contribution in [0.25, 0.3) is 10.9 Å². The van der Waals surface area contributed by atoms with Crippen LogP contribution in [0.3, 0.4) is 0 Å². The minimum atomic E-state index is -0.954. The van der Waals surface area contributed by atoms with Gasteiger partial charge in [-0.3, -0.25) is 0 Å². The molecule has 0 radical (unpaired) electrons. The van der Waals surface area contributed by atoms with Crippen molar-refractivity contribution in [3.8, 4) is 5.75 Å². The third-order valence-electron chi connectivity index (χ3n) is 2.57. The Morgan fingerprint density at radius 2 is 2.27 bits per heavy atom. The highest BCUT2D eigenvalue weighted by atomic mass is 16.5. The van der Waals surface area contributed by atoms with E-state index < -0.39 is 5.97 Å². The first-order valence-electron chi connectivity index (χ1n) is 4.58. The molecule has 15 heavy (non-hydrogen) atoms. The van der Waals surface area contributed by atoms with Crippen LogP contribution in [0.4, 0.5) is 0 Å². The number of carbonyl (C=O) groups is 1. The zero-order valence-corrected chi connectivity index (χ0v) is 7.80. The van der Waals surface area contributed by atoms with Crippen LogP contribution >= 0.6 is 0 Å². The zero-order chi connectivity index (χ0) is 10.4. The average molecular weight is 202 g/mol. The van der Waals surface area contributed by atoms with Crippen molar-refractivity contribution in [3.05, 3.63) is 36.0 Å². The molecule has 1 aliphatic rings. The lowest BCUT2D eigenvalue weighted by molar-refractivity contribution is -0.688. The number of rotatable bonds is 1. The fourth-order valence-corrected chi connectivity index (χ4v) is 1.90. The summed E-state index contributed by atoms with van der Waals surface area (Å²) >= 11 is 0. The van der Waals surface area contributed by atoms with Gasteiger partial charge in [0.05, 0.1) is 5.39 Å². The minimum Gasteiger partial charge on any atom is -0.478 e. The van der Waals surface area contributed by atoms with E-state index in [1.54, 1.807) is 12.1 Å². The van der Waals surface area contributed by atoms with Gasteiger partial charge in [0.15, 0.2) is 6.20 Å². The Morgan fingerprint density at radius 3 is 3.07 bits per heavy atom. The van der Waals surface area contributed by atoms with Gasteiger partial charge in [-0.05, 0) is 18.2 Å². The lowest BCUT2D eigenvalue weighted by Gasteiger charge is -1.98. The predicted molar refractivity (Wildman–Crippen MR) is 51.7 cm³/mol. The Kier molecular flexibility index (Phi) is 1.48. The highest BCUT2D eigenvalue weighted by Gasteiger charge is 2.27. The number of aromatic nitrogens is 1. The third-order valence-corrected chi connectivity index (χ3v) is 2.57. The van der Waals surface area contributed by atoms with E-state index >= 15 is 0 Å². The summed E-state index contributed by atoms with van der Waals surface area (Å²) in [4.78, 5) is 11.0. The first-order chi connectivity index (χ1) is 7.27. The van der Waals surface area contributed by atoms with E-state index in [-0.39, 0.29) is 5.56 Å². The molecule has 4 heteroatoms. The van der Waals surface area contributed by atoms with E-state index in [1.165, 1.54) is 0 Å². The van der Waals surface area contributed by atoms with Crippen LogP contribution in [0.15, 0.2) is 30.5 Å². The Bertz CT molecular complexity index is 577. The molecule has 0 aliphatic carbocycles. The SMILES string of the molecule is O=C(O)c1ccc2ccc[n+]3c2c1OC3. The first-order valence-corrected chi connectivity index (χ1v) is 4.58. The molecule has 4 nitrogen and oxygen atoms in total. The molecular weight excluding hydrogens is 194 g/mol. The van der Waals surface area contributed by atoms with Gasteiger partial charge in [-0.1, -0.05) is 0 Å². The summed E-state index contributed by atoms with van der Waals surface area (Å²) in [6.07, 6.45) is 1.88. The quantitative estimate of drug-likeness (QED) is 0.706. The maximum Gasteiger partial charge on any atom is 0.339 e. The van der Waals surface area contributed by atoms with Gasteiger partial charge in [0.2, 0.25) is 5.75 Å². The van der Waals surface area contributed by atoms with Crippen LogP contribution in [-0.2, 0) is 6.73 Å². The number of hydrogen-bond donors (Lipinski definition) is 1. The summed E-state index contributed by atoms with van der Waals surface area (Å²) < 4.78 is 7.29. The molecule has 3 rings (SSSR count). The molecule has 1 aliphatic heterocycles. The summed E-state index contributed by atoms with van der Waals surface area (Å²) in [5.74, 6) is -0.482. The Balaban J connectivity index is 2.45. The molecule has 1 N–H and O–H groups in total. The van der Waals surface area contributed by atoms with Crippen LogP contribution in [0, 0.1) is 0 Å². The molecule has 0 fully saturated rings. The van der Waals surface area contributed by atoms with Gasteiger partial charge >= 0.3 is 5.97 Å². The Hall–Kier alpha value is -2.10. The number of carboxylic acid groups (broad SMARTS) is 1. The lowest BCUT2D eigenvalue weighted by atomic mass is 10.1. The molecule has 0 unspecified atom stereocenters. The number of ether oxygens (including phenoxy) is 1. The topological polar surface area (TPSA) is 50.4 Å². The van der Waals surface area contributed by atoms with Crippen LogP contribution in [-0.4, -0.2) is 11.1 Å². The Morgan fingerprint density at radius 1 is 1.40 bits per heavy atom. The number of benzene rings is 1. The van der Waals surface area contributed by atoms with Gasteiger partial charge in [-0.15, -0.1) is 0 Å². The maximum absolute atomic E-state index is 11.0. The molecule has 2 aromatic rings. The van der Waals surface area contributed by atoms with Crippen molar-refractivity contribution in [2.75, 3.05) is 0 Å². The number of pyridine rings is 1. The summed E-state index contributed by atoms with van der Waals surface area (Å²) in [5.41, 5.74) is 1.08. The van der Waals surface area contributed by atoms with Crippen LogP contribution in [0.5, 0.6) is 5.75 Å². The number of hydrogen-bond acceptors (Lipinski definition) is 2. The molecule has 0 atom stereocenters. The fourth-order valence-electron chi connectivity index (χ4n) is 1.90. The van der Waals surface area contributed by atoms with Gasteiger partial charge in [-0.25, -0.2) is 4.79 Å². The minimum absolute atomic E-state index is 0.222. The maximum atomic E-state index is 11.0. The molecule has 0 spiro atoms. The van der Waals surface area contributed by atoms with Gasteiger partial charge in [0, 0.05) is 6.07 Å². The summed E-state index contributed by atoms with van der Waals surface area (Å²) in [7, 11) is 0. The van der Waals surface area contributed by atoms with Gasteiger partial charge in [0.25, 0.3) is 12.2 Å². The number of carboxylic acids is 1. The monoisotopic (exact) mass is 202 g/mol. The van der Waals surface area contributed by atoms with Crippen molar-refractivity contribution >= 4 is 16.9 Å². The highest BCUT2D eigenvalue weighted by molar-refractivity contribution is 5.98. The molecule has 0 amide bonds.